The normalized spacial score (nSPS) is 16.5. The maximum Gasteiger partial charge on any atom is 0.573 e. The highest BCUT2D eigenvalue weighted by atomic mass is 19.4. The molecule has 2 aromatic rings. The van der Waals surface area contributed by atoms with Crippen LogP contribution in [0.2, 0.25) is 0 Å². The molecule has 0 radical (unpaired) electrons. The molecule has 190 valence electrons. The number of carbonyl (C=O) groups excluding carboxylic acids is 1. The molecule has 35 heavy (non-hydrogen) atoms. The summed E-state index contributed by atoms with van der Waals surface area (Å²) in [6, 6.07) is 6.34. The zero-order valence-corrected chi connectivity index (χ0v) is 18.2. The lowest BCUT2D eigenvalue weighted by Gasteiger charge is -2.36. The van der Waals surface area contributed by atoms with Gasteiger partial charge in [0.15, 0.2) is 0 Å². The molecular formula is C21H20F6N4O4. The highest BCUT2D eigenvalue weighted by Gasteiger charge is 2.42. The van der Waals surface area contributed by atoms with Crippen LogP contribution in [0, 0.1) is 16.0 Å². The second kappa shape index (κ2) is 9.88. The Morgan fingerprint density at radius 1 is 1.14 bits per heavy atom. The molecule has 1 saturated heterocycles. The quantitative estimate of drug-likeness (QED) is 0.302. The Balaban J connectivity index is 1.95. The SMILES string of the molecule is CNc1cc(N2CCCC(C(F)(F)F)C2)c(C(=O)Nc2ccc(OC(F)(F)F)cc2)cc1[N+](=O)[O-]. The largest absolute Gasteiger partial charge is 0.573 e. The number of piperidine rings is 1. The second-order valence-electron chi connectivity index (χ2n) is 7.75. The van der Waals surface area contributed by atoms with Gasteiger partial charge in [0.05, 0.1) is 22.1 Å². The number of hydrogen-bond donors (Lipinski definition) is 2. The van der Waals surface area contributed by atoms with Crippen molar-refractivity contribution in [2.24, 2.45) is 5.92 Å². The van der Waals surface area contributed by atoms with Gasteiger partial charge in [0.2, 0.25) is 0 Å². The molecule has 1 atom stereocenters. The molecule has 1 unspecified atom stereocenters. The van der Waals surface area contributed by atoms with E-state index in [0.717, 1.165) is 30.3 Å². The fourth-order valence-corrected chi connectivity index (χ4v) is 3.77. The van der Waals surface area contributed by atoms with E-state index in [1.54, 1.807) is 0 Å². The number of halogens is 6. The first-order valence-corrected chi connectivity index (χ1v) is 10.3. The molecule has 0 aromatic heterocycles. The third kappa shape index (κ3) is 6.45. The number of carbonyl (C=O) groups is 1. The van der Waals surface area contributed by atoms with Crippen LogP contribution in [-0.4, -0.2) is 43.5 Å². The highest BCUT2D eigenvalue weighted by molar-refractivity contribution is 6.09. The highest BCUT2D eigenvalue weighted by Crippen LogP contribution is 2.39. The fraction of sp³-hybridized carbons (Fsp3) is 0.381. The molecule has 0 spiro atoms. The van der Waals surface area contributed by atoms with Gasteiger partial charge in [0.25, 0.3) is 11.6 Å². The van der Waals surface area contributed by atoms with Crippen molar-refractivity contribution >= 4 is 28.7 Å². The second-order valence-corrected chi connectivity index (χ2v) is 7.75. The Hall–Kier alpha value is -3.71. The standard InChI is InChI=1S/C21H20F6N4O4/c1-28-16-10-17(30-8-2-3-12(11-30)20(22,23)24)15(9-18(16)31(33)34)19(32)29-13-4-6-14(7-5-13)35-21(25,26)27/h4-7,9-10,12,28H,2-3,8,11H2,1H3,(H,29,32). The zero-order chi connectivity index (χ0) is 26.0. The van der Waals surface area contributed by atoms with E-state index in [1.807, 2.05) is 0 Å². The van der Waals surface area contributed by atoms with Gasteiger partial charge in [0.1, 0.15) is 11.4 Å². The van der Waals surface area contributed by atoms with Crippen molar-refractivity contribution in [1.29, 1.82) is 0 Å². The van der Waals surface area contributed by atoms with Gasteiger partial charge in [-0.15, -0.1) is 13.2 Å². The van der Waals surface area contributed by atoms with E-state index in [2.05, 4.69) is 15.4 Å². The lowest BCUT2D eigenvalue weighted by molar-refractivity contribution is -0.384. The number of amides is 1. The van der Waals surface area contributed by atoms with Gasteiger partial charge in [0, 0.05) is 31.9 Å². The first-order chi connectivity index (χ1) is 16.3. The number of alkyl halides is 6. The summed E-state index contributed by atoms with van der Waals surface area (Å²) >= 11 is 0. The topological polar surface area (TPSA) is 96.7 Å². The Kier molecular flexibility index (Phi) is 7.31. The van der Waals surface area contributed by atoms with Crippen molar-refractivity contribution in [3.05, 3.63) is 52.1 Å². The van der Waals surface area contributed by atoms with Gasteiger partial charge in [-0.1, -0.05) is 0 Å². The molecular weight excluding hydrogens is 486 g/mol. The molecule has 0 bridgehead atoms. The summed E-state index contributed by atoms with van der Waals surface area (Å²) in [5, 5.41) is 16.5. The molecule has 1 fully saturated rings. The number of benzene rings is 2. The molecule has 1 amide bonds. The van der Waals surface area contributed by atoms with Crippen molar-refractivity contribution in [2.75, 3.05) is 35.7 Å². The van der Waals surface area contributed by atoms with E-state index in [0.29, 0.717) is 0 Å². The number of nitro benzene ring substituents is 1. The Morgan fingerprint density at radius 2 is 1.80 bits per heavy atom. The van der Waals surface area contributed by atoms with Crippen LogP contribution >= 0.6 is 0 Å². The molecule has 2 N–H and O–H groups in total. The number of anilines is 3. The van der Waals surface area contributed by atoms with Gasteiger partial charge >= 0.3 is 12.5 Å². The Labute approximate surface area is 195 Å². The predicted molar refractivity (Wildman–Crippen MR) is 115 cm³/mol. The summed E-state index contributed by atoms with van der Waals surface area (Å²) in [4.78, 5) is 25.1. The fourth-order valence-electron chi connectivity index (χ4n) is 3.77. The third-order valence-electron chi connectivity index (χ3n) is 5.40. The van der Waals surface area contributed by atoms with E-state index < -0.39 is 47.3 Å². The summed E-state index contributed by atoms with van der Waals surface area (Å²) in [6.07, 6.45) is -9.25. The lowest BCUT2D eigenvalue weighted by atomic mass is 9.96. The molecule has 2 aromatic carbocycles. The first kappa shape index (κ1) is 25.9. The molecule has 14 heteroatoms. The third-order valence-corrected chi connectivity index (χ3v) is 5.40. The smallest absolute Gasteiger partial charge is 0.406 e. The molecule has 0 saturated carbocycles. The number of nitrogens with zero attached hydrogens (tertiary/aromatic N) is 2. The van der Waals surface area contributed by atoms with Crippen molar-refractivity contribution in [3.8, 4) is 5.75 Å². The monoisotopic (exact) mass is 506 g/mol. The number of rotatable bonds is 6. The van der Waals surface area contributed by atoms with Crippen LogP contribution in [-0.2, 0) is 0 Å². The van der Waals surface area contributed by atoms with Crippen molar-refractivity contribution < 1.29 is 40.8 Å². The van der Waals surface area contributed by atoms with Gasteiger partial charge in [-0.25, -0.2) is 0 Å². The average Bonchev–Trinajstić information content (AvgIpc) is 2.78. The summed E-state index contributed by atoms with van der Waals surface area (Å²) in [5.74, 6) is -3.05. The Morgan fingerprint density at radius 3 is 2.34 bits per heavy atom. The van der Waals surface area contributed by atoms with Crippen LogP contribution < -0.4 is 20.3 Å². The van der Waals surface area contributed by atoms with Crippen molar-refractivity contribution in [3.63, 3.8) is 0 Å². The zero-order valence-electron chi connectivity index (χ0n) is 18.2. The van der Waals surface area contributed by atoms with E-state index in [-0.39, 0.29) is 42.0 Å². The van der Waals surface area contributed by atoms with Gasteiger partial charge in [-0.3, -0.25) is 14.9 Å². The number of nitrogens with one attached hydrogen (secondary N) is 2. The van der Waals surface area contributed by atoms with E-state index in [1.165, 1.54) is 18.0 Å². The summed E-state index contributed by atoms with van der Waals surface area (Å²) in [6.45, 7) is -0.245. The van der Waals surface area contributed by atoms with Crippen LogP contribution in [0.3, 0.4) is 0 Å². The van der Waals surface area contributed by atoms with Crippen LogP contribution in [0.4, 0.5) is 49.1 Å². The molecule has 1 aliphatic heterocycles. The number of hydrogen-bond acceptors (Lipinski definition) is 6. The van der Waals surface area contributed by atoms with Crippen molar-refractivity contribution in [2.45, 2.75) is 25.4 Å². The van der Waals surface area contributed by atoms with Gasteiger partial charge in [-0.05, 0) is 43.2 Å². The minimum Gasteiger partial charge on any atom is -0.406 e. The van der Waals surface area contributed by atoms with E-state index >= 15 is 0 Å². The van der Waals surface area contributed by atoms with Gasteiger partial charge in [-0.2, -0.15) is 13.2 Å². The summed E-state index contributed by atoms with van der Waals surface area (Å²) < 4.78 is 80.8. The molecule has 8 nitrogen and oxygen atoms in total. The Bertz CT molecular complexity index is 1090. The van der Waals surface area contributed by atoms with E-state index in [4.69, 9.17) is 0 Å². The minimum absolute atomic E-state index is 0.00401. The van der Waals surface area contributed by atoms with E-state index in [9.17, 15) is 41.3 Å². The van der Waals surface area contributed by atoms with Crippen molar-refractivity contribution in [1.82, 2.24) is 0 Å². The summed E-state index contributed by atoms with van der Waals surface area (Å²) in [7, 11) is 1.39. The number of nitro groups is 1. The van der Waals surface area contributed by atoms with Crippen LogP contribution in [0.1, 0.15) is 23.2 Å². The summed E-state index contributed by atoms with van der Waals surface area (Å²) in [5.41, 5.74) is -0.621. The molecule has 0 aliphatic carbocycles. The van der Waals surface area contributed by atoms with Crippen LogP contribution in [0.5, 0.6) is 5.75 Å². The first-order valence-electron chi connectivity index (χ1n) is 10.3. The maximum absolute atomic E-state index is 13.3. The minimum atomic E-state index is -4.91. The predicted octanol–water partition coefficient (Wildman–Crippen LogP) is 5.57. The van der Waals surface area contributed by atoms with Crippen LogP contribution in [0.25, 0.3) is 0 Å². The van der Waals surface area contributed by atoms with Gasteiger partial charge < -0.3 is 20.3 Å². The number of ether oxygens (including phenoxy) is 1. The average molecular weight is 506 g/mol. The lowest BCUT2D eigenvalue weighted by Crippen LogP contribution is -2.42. The molecule has 1 heterocycles. The maximum atomic E-state index is 13.3. The molecule has 3 rings (SSSR count). The molecule has 1 aliphatic rings. The van der Waals surface area contributed by atoms with Crippen LogP contribution in [0.15, 0.2) is 36.4 Å².